The fourth-order valence-electron chi connectivity index (χ4n) is 4.06. The van der Waals surface area contributed by atoms with Crippen LogP contribution >= 0.6 is 0 Å². The zero-order chi connectivity index (χ0) is 22.4. The Morgan fingerprint density at radius 3 is 2.16 bits per heavy atom. The molecule has 5 N–H and O–H groups in total. The summed E-state index contributed by atoms with van der Waals surface area (Å²) >= 11 is 0. The molecule has 2 amide bonds. The van der Waals surface area contributed by atoms with E-state index in [0.717, 1.165) is 57.5 Å². The fraction of sp³-hybridized carbons (Fsp3) is 0.522. The third kappa shape index (κ3) is 6.07. The second kappa shape index (κ2) is 10.4. The molecule has 0 atom stereocenters. The lowest BCUT2D eigenvalue weighted by Gasteiger charge is -2.34. The van der Waals surface area contributed by atoms with Crippen LogP contribution in [0.25, 0.3) is 0 Å². The second-order valence-corrected chi connectivity index (χ2v) is 8.48. The highest BCUT2D eigenvalue weighted by Crippen LogP contribution is 2.21. The van der Waals surface area contributed by atoms with E-state index in [4.69, 9.17) is 11.5 Å². The number of amides is 2. The van der Waals surface area contributed by atoms with Crippen LogP contribution in [0.3, 0.4) is 0 Å². The summed E-state index contributed by atoms with van der Waals surface area (Å²) in [6.45, 7) is 5.58. The van der Waals surface area contributed by atoms with Crippen LogP contribution in [0.1, 0.15) is 49.4 Å². The van der Waals surface area contributed by atoms with E-state index in [1.54, 1.807) is 19.1 Å². The number of carbonyl (C=O) groups excluding carboxylic acids is 2. The minimum absolute atomic E-state index is 0.0328. The molecule has 1 saturated heterocycles. The van der Waals surface area contributed by atoms with Crippen molar-refractivity contribution in [3.63, 3.8) is 0 Å². The molecule has 2 aliphatic rings. The normalized spacial score (nSPS) is 19.7. The Hall–Kier alpha value is -2.87. The van der Waals surface area contributed by atoms with Crippen LogP contribution < -0.4 is 21.7 Å². The van der Waals surface area contributed by atoms with Gasteiger partial charge in [-0.25, -0.2) is 0 Å². The number of allylic oxidation sites excluding steroid dienone is 1. The molecule has 0 spiro atoms. The van der Waals surface area contributed by atoms with E-state index < -0.39 is 5.91 Å². The highest BCUT2D eigenvalue weighted by molar-refractivity contribution is 6.45. The van der Waals surface area contributed by atoms with Gasteiger partial charge in [0.1, 0.15) is 5.71 Å². The SMILES string of the molecule is CC(N)=C(NC(=O)c1ccc(N2CCN(C)CC2)cc1)C(=NC1CCCCC1)C(N)=O. The Kier molecular flexibility index (Phi) is 7.68. The standard InChI is InChI=1S/C23H34N6O2/c1-16(24)20(21(22(25)30)26-18-6-4-3-5-7-18)27-23(31)17-8-10-19(11-9-17)29-14-12-28(2)13-15-29/h8-11,18H,3-7,12-15,24H2,1-2H3,(H2,25,30)(H,27,31). The zero-order valence-corrected chi connectivity index (χ0v) is 18.6. The molecule has 0 bridgehead atoms. The maximum atomic E-state index is 12.9. The highest BCUT2D eigenvalue weighted by atomic mass is 16.2. The summed E-state index contributed by atoms with van der Waals surface area (Å²) in [6.07, 6.45) is 5.15. The lowest BCUT2D eigenvalue weighted by molar-refractivity contribution is -0.112. The van der Waals surface area contributed by atoms with E-state index in [9.17, 15) is 9.59 Å². The fourth-order valence-corrected chi connectivity index (χ4v) is 4.06. The van der Waals surface area contributed by atoms with Gasteiger partial charge >= 0.3 is 0 Å². The van der Waals surface area contributed by atoms with Crippen LogP contribution in [0.2, 0.25) is 0 Å². The first-order valence-electron chi connectivity index (χ1n) is 11.0. The summed E-state index contributed by atoms with van der Waals surface area (Å²) in [5.74, 6) is -1.03. The van der Waals surface area contributed by atoms with E-state index >= 15 is 0 Å². The first kappa shape index (κ1) is 22.8. The van der Waals surface area contributed by atoms with Gasteiger partial charge in [-0.1, -0.05) is 19.3 Å². The molecule has 0 aromatic heterocycles. The topological polar surface area (TPSA) is 117 Å². The molecule has 0 radical (unpaired) electrons. The molecule has 168 valence electrons. The molecule has 0 unspecified atom stereocenters. The first-order chi connectivity index (χ1) is 14.8. The average Bonchev–Trinajstić information content (AvgIpc) is 2.77. The van der Waals surface area contributed by atoms with Gasteiger partial charge in [0, 0.05) is 43.1 Å². The van der Waals surface area contributed by atoms with Crippen molar-refractivity contribution >= 4 is 23.2 Å². The van der Waals surface area contributed by atoms with Gasteiger partial charge in [-0.05, 0) is 51.1 Å². The summed E-state index contributed by atoms with van der Waals surface area (Å²) in [5, 5.41) is 2.77. The maximum Gasteiger partial charge on any atom is 0.269 e. The highest BCUT2D eigenvalue weighted by Gasteiger charge is 2.22. The Morgan fingerprint density at radius 2 is 1.61 bits per heavy atom. The molecule has 1 aliphatic carbocycles. The van der Waals surface area contributed by atoms with Crippen LogP contribution in [0.15, 0.2) is 40.7 Å². The maximum absolute atomic E-state index is 12.9. The minimum Gasteiger partial charge on any atom is -0.401 e. The van der Waals surface area contributed by atoms with Gasteiger partial charge < -0.3 is 26.6 Å². The molecule has 8 nitrogen and oxygen atoms in total. The predicted octanol–water partition coefficient (Wildman–Crippen LogP) is 1.62. The van der Waals surface area contributed by atoms with Gasteiger partial charge in [0.05, 0.1) is 11.7 Å². The van der Waals surface area contributed by atoms with Crippen molar-refractivity contribution in [3.05, 3.63) is 41.2 Å². The number of carbonyl (C=O) groups is 2. The van der Waals surface area contributed by atoms with Crippen LogP contribution in [0.4, 0.5) is 5.69 Å². The number of piperazine rings is 1. The summed E-state index contributed by atoms with van der Waals surface area (Å²) in [7, 11) is 2.12. The van der Waals surface area contributed by atoms with Gasteiger partial charge in [0.25, 0.3) is 11.8 Å². The predicted molar refractivity (Wildman–Crippen MR) is 124 cm³/mol. The van der Waals surface area contributed by atoms with Crippen molar-refractivity contribution in [1.82, 2.24) is 10.2 Å². The van der Waals surface area contributed by atoms with Crippen molar-refractivity contribution < 1.29 is 9.59 Å². The monoisotopic (exact) mass is 426 g/mol. The number of rotatable bonds is 6. The molecule has 31 heavy (non-hydrogen) atoms. The third-order valence-electron chi connectivity index (χ3n) is 5.99. The largest absolute Gasteiger partial charge is 0.401 e. The number of nitrogens with zero attached hydrogens (tertiary/aromatic N) is 3. The van der Waals surface area contributed by atoms with Crippen LogP contribution in [-0.2, 0) is 4.79 Å². The first-order valence-corrected chi connectivity index (χ1v) is 11.0. The third-order valence-corrected chi connectivity index (χ3v) is 5.99. The summed E-state index contributed by atoms with van der Waals surface area (Å²) in [5.41, 5.74) is 13.7. The van der Waals surface area contributed by atoms with Gasteiger partial charge in [-0.15, -0.1) is 0 Å². The zero-order valence-electron chi connectivity index (χ0n) is 18.6. The summed E-state index contributed by atoms with van der Waals surface area (Å²) in [4.78, 5) is 34.2. The number of nitrogens with one attached hydrogen (secondary N) is 1. The number of likely N-dealkylation sites (N-methyl/N-ethyl adjacent to an activating group) is 1. The Bertz CT molecular complexity index is 843. The molecule has 8 heteroatoms. The minimum atomic E-state index is -0.684. The second-order valence-electron chi connectivity index (χ2n) is 8.48. The van der Waals surface area contributed by atoms with Crippen molar-refractivity contribution in [2.45, 2.75) is 45.1 Å². The number of primary amides is 1. The Labute approximate surface area is 184 Å². The molecule has 1 aromatic rings. The van der Waals surface area contributed by atoms with Crippen molar-refractivity contribution in [1.29, 1.82) is 0 Å². The smallest absolute Gasteiger partial charge is 0.269 e. The summed E-state index contributed by atoms with van der Waals surface area (Å²) in [6, 6.07) is 7.50. The van der Waals surface area contributed by atoms with E-state index in [-0.39, 0.29) is 23.4 Å². The molecule has 3 rings (SSSR count). The van der Waals surface area contributed by atoms with E-state index in [0.29, 0.717) is 11.3 Å². The van der Waals surface area contributed by atoms with Crippen molar-refractivity contribution in [3.8, 4) is 0 Å². The van der Waals surface area contributed by atoms with Gasteiger partial charge in [0.15, 0.2) is 0 Å². The molecule has 1 heterocycles. The van der Waals surface area contributed by atoms with E-state index in [1.165, 1.54) is 6.42 Å². The number of benzene rings is 1. The average molecular weight is 427 g/mol. The summed E-state index contributed by atoms with van der Waals surface area (Å²) < 4.78 is 0. The molecular weight excluding hydrogens is 392 g/mol. The number of aliphatic imine (C=N–C) groups is 1. The van der Waals surface area contributed by atoms with Crippen LogP contribution in [0.5, 0.6) is 0 Å². The number of anilines is 1. The van der Waals surface area contributed by atoms with Gasteiger partial charge in [-0.3, -0.25) is 14.6 Å². The molecular formula is C23H34N6O2. The molecule has 1 aliphatic heterocycles. The van der Waals surface area contributed by atoms with E-state index in [1.807, 2.05) is 12.1 Å². The van der Waals surface area contributed by atoms with Crippen LogP contribution in [-0.4, -0.2) is 61.7 Å². The van der Waals surface area contributed by atoms with Gasteiger partial charge in [0.2, 0.25) is 0 Å². The molecule has 1 aromatic carbocycles. The Morgan fingerprint density at radius 1 is 1.00 bits per heavy atom. The van der Waals surface area contributed by atoms with Crippen LogP contribution in [0, 0.1) is 0 Å². The van der Waals surface area contributed by atoms with Gasteiger partial charge in [-0.2, -0.15) is 0 Å². The van der Waals surface area contributed by atoms with Crippen molar-refractivity contribution in [2.24, 2.45) is 16.5 Å². The van der Waals surface area contributed by atoms with E-state index in [2.05, 4.69) is 27.2 Å². The lowest BCUT2D eigenvalue weighted by Crippen LogP contribution is -2.44. The Balaban J connectivity index is 1.73. The number of hydrogen-bond donors (Lipinski definition) is 3. The molecule has 1 saturated carbocycles. The quantitative estimate of drug-likeness (QED) is 0.598. The number of hydrogen-bond acceptors (Lipinski definition) is 6. The number of nitrogens with two attached hydrogens (primary N) is 2. The molecule has 2 fully saturated rings. The lowest BCUT2D eigenvalue weighted by atomic mass is 9.95. The van der Waals surface area contributed by atoms with Crippen molar-refractivity contribution in [2.75, 3.05) is 38.1 Å².